The maximum absolute atomic E-state index is 13.5. The third-order valence-corrected chi connectivity index (χ3v) is 10.4. The van der Waals surface area contributed by atoms with Crippen molar-refractivity contribution in [3.63, 3.8) is 0 Å². The van der Waals surface area contributed by atoms with Gasteiger partial charge in [0.15, 0.2) is 5.82 Å². The first-order valence-corrected chi connectivity index (χ1v) is 16.1. The van der Waals surface area contributed by atoms with Crippen LogP contribution >= 0.6 is 7.14 Å². The number of aryl methyl sites for hydroxylation is 1. The molecule has 1 saturated carbocycles. The highest BCUT2D eigenvalue weighted by atomic mass is 31.2. The summed E-state index contributed by atoms with van der Waals surface area (Å²) in [6.07, 6.45) is -7.64. The highest BCUT2D eigenvalue weighted by Crippen LogP contribution is 2.48. The van der Waals surface area contributed by atoms with Gasteiger partial charge >= 0.3 is 12.5 Å². The molecule has 44 heavy (non-hydrogen) atoms. The maximum Gasteiger partial charge on any atom is 0.573 e. The molecule has 1 aliphatic rings. The number of aromatic nitrogens is 6. The topological polar surface area (TPSA) is 90.6 Å². The van der Waals surface area contributed by atoms with Crippen LogP contribution in [0, 0.1) is 0 Å². The van der Waals surface area contributed by atoms with Crippen molar-refractivity contribution in [3.05, 3.63) is 53.9 Å². The summed E-state index contributed by atoms with van der Waals surface area (Å²) in [5, 5.41) is 4.25. The average Bonchev–Trinajstić information content (AvgIpc) is 3.38. The fourth-order valence-electron chi connectivity index (χ4n) is 5.35. The van der Waals surface area contributed by atoms with Gasteiger partial charge in [-0.3, -0.25) is 4.68 Å². The van der Waals surface area contributed by atoms with E-state index in [9.17, 15) is 30.9 Å². The molecule has 0 amide bonds. The smallest absolute Gasteiger partial charge is 0.405 e. The lowest BCUT2D eigenvalue weighted by Gasteiger charge is -2.17. The van der Waals surface area contributed by atoms with E-state index in [0.717, 1.165) is 29.3 Å². The molecule has 15 heteroatoms. The molecule has 0 unspecified atom stereocenters. The number of aromatic amines is 1. The normalized spacial score (nSPS) is 15.6. The zero-order valence-electron chi connectivity index (χ0n) is 24.0. The summed E-state index contributed by atoms with van der Waals surface area (Å²) < 4.78 is 101. The fourth-order valence-corrected chi connectivity index (χ4v) is 6.49. The highest BCUT2D eigenvalue weighted by molar-refractivity contribution is 7.70. The summed E-state index contributed by atoms with van der Waals surface area (Å²) in [5.41, 5.74) is 1.91. The van der Waals surface area contributed by atoms with Crippen LogP contribution in [0.1, 0.15) is 37.1 Å². The summed E-state index contributed by atoms with van der Waals surface area (Å²) in [6.45, 7) is 3.22. The van der Waals surface area contributed by atoms with Crippen LogP contribution in [-0.2, 0) is 24.8 Å². The van der Waals surface area contributed by atoms with Gasteiger partial charge in [-0.15, -0.1) is 13.2 Å². The Kier molecular flexibility index (Phi) is 6.99. The van der Waals surface area contributed by atoms with Crippen molar-refractivity contribution in [1.29, 1.82) is 0 Å². The van der Waals surface area contributed by atoms with Gasteiger partial charge in [0.05, 0.1) is 22.3 Å². The van der Waals surface area contributed by atoms with Crippen LogP contribution in [0.25, 0.3) is 45.2 Å². The summed E-state index contributed by atoms with van der Waals surface area (Å²) >= 11 is 0. The minimum Gasteiger partial charge on any atom is -0.405 e. The zero-order valence-corrected chi connectivity index (χ0v) is 24.9. The number of hydrogen-bond acceptors (Lipinski definition) is 5. The molecular weight excluding hydrogens is 609 g/mol. The Bertz CT molecular complexity index is 1950. The van der Waals surface area contributed by atoms with E-state index in [1.54, 1.807) is 36.7 Å². The van der Waals surface area contributed by atoms with E-state index < -0.39 is 31.1 Å². The number of alkyl halides is 6. The largest absolute Gasteiger partial charge is 0.573 e. The first-order valence-electron chi connectivity index (χ1n) is 13.7. The van der Waals surface area contributed by atoms with Gasteiger partial charge in [-0.2, -0.15) is 18.3 Å². The molecule has 0 spiro atoms. The third kappa shape index (κ3) is 5.40. The molecular formula is C29H27F6N6O2P. The Balaban J connectivity index is 1.51. The van der Waals surface area contributed by atoms with E-state index in [2.05, 4.69) is 19.8 Å². The third-order valence-electron chi connectivity index (χ3n) is 7.87. The second-order valence-corrected chi connectivity index (χ2v) is 14.3. The number of H-pyrrole nitrogens is 1. The molecule has 232 valence electrons. The van der Waals surface area contributed by atoms with Gasteiger partial charge in [0.1, 0.15) is 30.1 Å². The number of nitrogens with zero attached hydrogens (tertiary/aromatic N) is 5. The number of rotatable bonds is 7. The monoisotopic (exact) mass is 636 g/mol. The Labute approximate surface area is 247 Å². The molecule has 1 N–H and O–H groups in total. The van der Waals surface area contributed by atoms with Crippen LogP contribution in [0.5, 0.6) is 5.75 Å². The van der Waals surface area contributed by atoms with Crippen LogP contribution in [0.2, 0.25) is 0 Å². The van der Waals surface area contributed by atoms with Crippen molar-refractivity contribution in [2.24, 2.45) is 14.1 Å². The van der Waals surface area contributed by atoms with Gasteiger partial charge in [-0.05, 0) is 43.8 Å². The molecule has 3 aromatic heterocycles. The molecule has 1 fully saturated rings. The molecule has 5 aromatic rings. The second-order valence-electron chi connectivity index (χ2n) is 11.0. The first kappa shape index (κ1) is 30.0. The van der Waals surface area contributed by atoms with E-state index in [1.165, 1.54) is 31.9 Å². The van der Waals surface area contributed by atoms with Crippen LogP contribution in [0.15, 0.2) is 42.5 Å². The van der Waals surface area contributed by atoms with E-state index in [0.29, 0.717) is 22.3 Å². The van der Waals surface area contributed by atoms with Gasteiger partial charge in [0, 0.05) is 42.7 Å². The van der Waals surface area contributed by atoms with E-state index in [1.807, 2.05) is 0 Å². The predicted octanol–water partition coefficient (Wildman–Crippen LogP) is 7.46. The predicted molar refractivity (Wildman–Crippen MR) is 153 cm³/mol. The van der Waals surface area contributed by atoms with Gasteiger partial charge in [-0.25, -0.2) is 9.97 Å². The number of hydrogen-bond donors (Lipinski definition) is 1. The Morgan fingerprint density at radius 3 is 2.36 bits per heavy atom. The number of imidazole rings is 2. The number of para-hydroxylation sites is 1. The lowest BCUT2D eigenvalue weighted by Crippen LogP contribution is -2.19. The van der Waals surface area contributed by atoms with Crippen molar-refractivity contribution in [1.82, 2.24) is 29.3 Å². The van der Waals surface area contributed by atoms with Gasteiger partial charge in [-0.1, -0.05) is 25.1 Å². The lowest BCUT2D eigenvalue weighted by atomic mass is 10.1. The molecule has 2 aromatic carbocycles. The summed E-state index contributed by atoms with van der Waals surface area (Å²) in [6, 6.07) is 10.3. The summed E-state index contributed by atoms with van der Waals surface area (Å²) in [4.78, 5) is 12.4. The molecule has 6 rings (SSSR count). The SMILES string of the molecule is CC[P@](C)(=O)c1ccc(-c2nc(-c3cccc4[nH]c(-c5cc(C(F)(F)F)n(C)n5)nc34)c(C3CC3)n2C)c(OC(F)(F)F)c1. The summed E-state index contributed by atoms with van der Waals surface area (Å²) in [5.74, 6) is -0.0813. The Morgan fingerprint density at radius 2 is 1.75 bits per heavy atom. The van der Waals surface area contributed by atoms with Crippen LogP contribution in [0.4, 0.5) is 26.3 Å². The van der Waals surface area contributed by atoms with Crippen molar-refractivity contribution in [2.45, 2.75) is 38.2 Å². The van der Waals surface area contributed by atoms with Gasteiger partial charge in [0.25, 0.3) is 0 Å². The summed E-state index contributed by atoms with van der Waals surface area (Å²) in [7, 11) is -0.00674. The zero-order chi connectivity index (χ0) is 31.8. The number of fused-ring (bicyclic) bond motifs is 1. The standard InChI is InChI=1S/C29H27F6N6O2P/c1-5-44(4,42)16-11-12-17(21(13-16)43-29(33,34)35)27-38-24(25(40(27)2)15-9-10-15)18-7-6-8-19-23(18)37-26(36-19)20-14-22(28(30,31)32)41(3)39-20/h6-8,11-15H,5,9-10H2,1-4H3,(H,36,37)/t44-/m0/s1. The molecule has 1 aliphatic carbocycles. The lowest BCUT2D eigenvalue weighted by molar-refractivity contribution is -0.274. The number of ether oxygens (including phenoxy) is 1. The molecule has 1 atom stereocenters. The quantitative estimate of drug-likeness (QED) is 0.148. The molecule has 0 aliphatic heterocycles. The highest BCUT2D eigenvalue weighted by Gasteiger charge is 2.37. The van der Waals surface area contributed by atoms with Gasteiger partial charge < -0.3 is 18.9 Å². The molecule has 8 nitrogen and oxygen atoms in total. The molecule has 0 bridgehead atoms. The van der Waals surface area contributed by atoms with Crippen LogP contribution in [-0.4, -0.2) is 48.5 Å². The first-order chi connectivity index (χ1) is 20.6. The van der Waals surface area contributed by atoms with Crippen molar-refractivity contribution >= 4 is 23.5 Å². The van der Waals surface area contributed by atoms with Crippen LogP contribution < -0.4 is 10.0 Å². The van der Waals surface area contributed by atoms with Crippen LogP contribution in [0.3, 0.4) is 0 Å². The van der Waals surface area contributed by atoms with E-state index >= 15 is 0 Å². The average molecular weight is 637 g/mol. The number of nitrogens with one attached hydrogen (secondary N) is 1. The molecule has 0 radical (unpaired) electrons. The van der Waals surface area contributed by atoms with Crippen molar-refractivity contribution in [2.75, 3.05) is 12.8 Å². The maximum atomic E-state index is 13.5. The van der Waals surface area contributed by atoms with E-state index in [-0.39, 0.29) is 40.3 Å². The molecule has 0 saturated heterocycles. The van der Waals surface area contributed by atoms with Crippen molar-refractivity contribution < 1.29 is 35.6 Å². The van der Waals surface area contributed by atoms with Gasteiger partial charge in [0.2, 0.25) is 0 Å². The fraction of sp³-hybridized carbons (Fsp3) is 0.345. The second kappa shape index (κ2) is 10.3. The Hall–Kier alpha value is -4.06. The van der Waals surface area contributed by atoms with Crippen molar-refractivity contribution in [3.8, 4) is 39.9 Å². The Morgan fingerprint density at radius 1 is 1.02 bits per heavy atom. The van der Waals surface area contributed by atoms with E-state index in [4.69, 9.17) is 4.98 Å². The molecule has 3 heterocycles. The minimum absolute atomic E-state index is 0.000393. The minimum atomic E-state index is -5.00. The number of benzene rings is 2. The number of halogens is 6.